The molecule has 2 nitrogen and oxygen atoms in total. The van der Waals surface area contributed by atoms with Crippen molar-refractivity contribution in [2.24, 2.45) is 5.92 Å². The second-order valence-electron chi connectivity index (χ2n) is 4.57. The highest BCUT2D eigenvalue weighted by Gasteiger charge is 2.42. The van der Waals surface area contributed by atoms with E-state index < -0.39 is 5.60 Å². The predicted molar refractivity (Wildman–Crippen MR) is 58.9 cm³/mol. The molecule has 0 heterocycles. The van der Waals surface area contributed by atoms with Crippen LogP contribution >= 0.6 is 0 Å². The van der Waals surface area contributed by atoms with E-state index in [0.717, 1.165) is 12.0 Å². The standard InChI is InChI=1S/C13H16O2/c1-9(2)13(15)8-7-10-5-3-4-6-11(10)12(13)14/h3-6,9,15H,7-8H2,1-2H3/t13-/m1/s1. The molecule has 2 rings (SSSR count). The van der Waals surface area contributed by atoms with Crippen molar-refractivity contribution >= 4 is 5.78 Å². The molecule has 1 aliphatic rings. The largest absolute Gasteiger partial charge is 0.381 e. The molecule has 80 valence electrons. The van der Waals surface area contributed by atoms with Gasteiger partial charge in [0.15, 0.2) is 5.78 Å². The highest BCUT2D eigenvalue weighted by atomic mass is 16.3. The van der Waals surface area contributed by atoms with Crippen LogP contribution in [0.2, 0.25) is 0 Å². The van der Waals surface area contributed by atoms with Crippen LogP contribution in [-0.2, 0) is 6.42 Å². The van der Waals surface area contributed by atoms with Gasteiger partial charge in [0, 0.05) is 5.56 Å². The van der Waals surface area contributed by atoms with E-state index >= 15 is 0 Å². The van der Waals surface area contributed by atoms with Gasteiger partial charge in [0.25, 0.3) is 0 Å². The van der Waals surface area contributed by atoms with Crippen LogP contribution in [0.3, 0.4) is 0 Å². The first-order valence-electron chi connectivity index (χ1n) is 5.41. The van der Waals surface area contributed by atoms with Gasteiger partial charge in [-0.2, -0.15) is 0 Å². The van der Waals surface area contributed by atoms with E-state index in [9.17, 15) is 9.90 Å². The zero-order valence-electron chi connectivity index (χ0n) is 9.16. The predicted octanol–water partition coefficient (Wildman–Crippen LogP) is 2.20. The Hall–Kier alpha value is -1.15. The maximum absolute atomic E-state index is 12.1. The van der Waals surface area contributed by atoms with Crippen LogP contribution in [0, 0.1) is 5.92 Å². The Morgan fingerprint density at radius 2 is 2.00 bits per heavy atom. The number of carbonyl (C=O) groups is 1. The van der Waals surface area contributed by atoms with Gasteiger partial charge >= 0.3 is 0 Å². The zero-order valence-corrected chi connectivity index (χ0v) is 9.16. The van der Waals surface area contributed by atoms with Crippen LogP contribution in [-0.4, -0.2) is 16.5 Å². The van der Waals surface area contributed by atoms with Crippen molar-refractivity contribution in [1.29, 1.82) is 0 Å². The number of Topliss-reactive ketones (excluding diaryl/α,β-unsaturated/α-hetero) is 1. The van der Waals surface area contributed by atoms with Crippen molar-refractivity contribution in [3.05, 3.63) is 35.4 Å². The molecule has 0 spiro atoms. The van der Waals surface area contributed by atoms with Crippen LogP contribution < -0.4 is 0 Å². The number of aryl methyl sites for hydroxylation is 1. The lowest BCUT2D eigenvalue weighted by Crippen LogP contribution is -2.47. The highest BCUT2D eigenvalue weighted by molar-refractivity contribution is 6.04. The first kappa shape index (κ1) is 10.4. The van der Waals surface area contributed by atoms with Crippen molar-refractivity contribution < 1.29 is 9.90 Å². The lowest BCUT2D eigenvalue weighted by Gasteiger charge is -2.35. The van der Waals surface area contributed by atoms with E-state index in [1.165, 1.54) is 0 Å². The van der Waals surface area contributed by atoms with E-state index in [0.29, 0.717) is 12.0 Å². The van der Waals surface area contributed by atoms with E-state index in [4.69, 9.17) is 0 Å². The lowest BCUT2D eigenvalue weighted by atomic mass is 9.73. The average Bonchev–Trinajstić information content (AvgIpc) is 2.24. The van der Waals surface area contributed by atoms with E-state index in [2.05, 4.69) is 0 Å². The van der Waals surface area contributed by atoms with Gasteiger partial charge in [-0.1, -0.05) is 38.1 Å². The minimum absolute atomic E-state index is 0.0293. The molecule has 0 bridgehead atoms. The van der Waals surface area contributed by atoms with Gasteiger partial charge in [-0.05, 0) is 24.3 Å². The number of benzene rings is 1. The molecule has 1 aliphatic carbocycles. The Balaban J connectivity index is 2.46. The topological polar surface area (TPSA) is 37.3 Å². The Morgan fingerprint density at radius 3 is 2.67 bits per heavy atom. The van der Waals surface area contributed by atoms with Crippen LogP contribution in [0.4, 0.5) is 0 Å². The van der Waals surface area contributed by atoms with E-state index in [-0.39, 0.29) is 11.7 Å². The molecule has 1 N–H and O–H groups in total. The summed E-state index contributed by atoms with van der Waals surface area (Å²) in [6.07, 6.45) is 1.33. The minimum atomic E-state index is -1.16. The maximum Gasteiger partial charge on any atom is 0.194 e. The molecule has 0 aromatic heterocycles. The quantitative estimate of drug-likeness (QED) is 0.761. The smallest absolute Gasteiger partial charge is 0.194 e. The zero-order chi connectivity index (χ0) is 11.1. The second kappa shape index (κ2) is 3.46. The van der Waals surface area contributed by atoms with Crippen LogP contribution in [0.5, 0.6) is 0 Å². The number of hydrogen-bond acceptors (Lipinski definition) is 2. The third kappa shape index (κ3) is 1.49. The van der Waals surface area contributed by atoms with Crippen LogP contribution in [0.1, 0.15) is 36.2 Å². The molecule has 0 saturated heterocycles. The first-order valence-corrected chi connectivity index (χ1v) is 5.41. The third-order valence-electron chi connectivity index (χ3n) is 3.39. The average molecular weight is 204 g/mol. The third-order valence-corrected chi connectivity index (χ3v) is 3.39. The number of fused-ring (bicyclic) bond motifs is 1. The van der Waals surface area contributed by atoms with Gasteiger partial charge in [-0.25, -0.2) is 0 Å². The summed E-state index contributed by atoms with van der Waals surface area (Å²) in [5.41, 5.74) is 0.599. The molecular weight excluding hydrogens is 188 g/mol. The Kier molecular flexibility index (Phi) is 2.39. The van der Waals surface area contributed by atoms with Crippen molar-refractivity contribution in [2.45, 2.75) is 32.3 Å². The molecular formula is C13H16O2. The van der Waals surface area contributed by atoms with Gasteiger partial charge in [-0.3, -0.25) is 4.79 Å². The summed E-state index contributed by atoms with van der Waals surface area (Å²) in [5, 5.41) is 10.3. The number of rotatable bonds is 1. The summed E-state index contributed by atoms with van der Waals surface area (Å²) < 4.78 is 0. The molecule has 2 heteroatoms. The van der Waals surface area contributed by atoms with Gasteiger partial charge in [0.2, 0.25) is 0 Å². The van der Waals surface area contributed by atoms with Gasteiger partial charge < -0.3 is 5.11 Å². The summed E-state index contributed by atoms with van der Waals surface area (Å²) >= 11 is 0. The lowest BCUT2D eigenvalue weighted by molar-refractivity contribution is -0.00195. The van der Waals surface area contributed by atoms with E-state index in [1.54, 1.807) is 0 Å². The Bertz CT molecular complexity index is 395. The van der Waals surface area contributed by atoms with Gasteiger partial charge in [0.1, 0.15) is 5.60 Å². The minimum Gasteiger partial charge on any atom is -0.381 e. The summed E-state index contributed by atoms with van der Waals surface area (Å²) in [5.74, 6) is -0.141. The SMILES string of the molecule is CC(C)[C@]1(O)CCc2ccccc2C1=O. The normalized spacial score (nSPS) is 25.5. The molecule has 0 radical (unpaired) electrons. The molecule has 0 amide bonds. The fourth-order valence-corrected chi connectivity index (χ4v) is 2.18. The molecule has 0 aliphatic heterocycles. The monoisotopic (exact) mass is 204 g/mol. The summed E-state index contributed by atoms with van der Waals surface area (Å²) in [6, 6.07) is 7.56. The molecule has 1 atom stereocenters. The fourth-order valence-electron chi connectivity index (χ4n) is 2.18. The van der Waals surface area contributed by atoms with Crippen molar-refractivity contribution in [2.75, 3.05) is 0 Å². The Morgan fingerprint density at radius 1 is 1.33 bits per heavy atom. The van der Waals surface area contributed by atoms with Crippen molar-refractivity contribution in [3.63, 3.8) is 0 Å². The molecule has 0 unspecified atom stereocenters. The summed E-state index contributed by atoms with van der Waals surface area (Å²) in [7, 11) is 0. The number of ketones is 1. The van der Waals surface area contributed by atoms with Gasteiger partial charge in [0.05, 0.1) is 0 Å². The van der Waals surface area contributed by atoms with Crippen molar-refractivity contribution in [1.82, 2.24) is 0 Å². The molecule has 1 aromatic rings. The molecule has 15 heavy (non-hydrogen) atoms. The Labute approximate surface area is 89.9 Å². The second-order valence-corrected chi connectivity index (χ2v) is 4.57. The van der Waals surface area contributed by atoms with E-state index in [1.807, 2.05) is 38.1 Å². The maximum atomic E-state index is 12.1. The number of aliphatic hydroxyl groups is 1. The van der Waals surface area contributed by atoms with Gasteiger partial charge in [-0.15, -0.1) is 0 Å². The first-order chi connectivity index (χ1) is 7.05. The highest BCUT2D eigenvalue weighted by Crippen LogP contribution is 2.33. The number of hydrogen-bond donors (Lipinski definition) is 1. The summed E-state index contributed by atoms with van der Waals surface area (Å²) in [6.45, 7) is 3.79. The van der Waals surface area contributed by atoms with Crippen LogP contribution in [0.15, 0.2) is 24.3 Å². The summed E-state index contributed by atoms with van der Waals surface area (Å²) in [4.78, 5) is 12.1. The number of carbonyl (C=O) groups excluding carboxylic acids is 1. The molecule has 0 fully saturated rings. The van der Waals surface area contributed by atoms with Crippen LogP contribution in [0.25, 0.3) is 0 Å². The fraction of sp³-hybridized carbons (Fsp3) is 0.462. The molecule has 1 aromatic carbocycles. The molecule has 0 saturated carbocycles. The van der Waals surface area contributed by atoms with Crippen molar-refractivity contribution in [3.8, 4) is 0 Å².